The van der Waals surface area contributed by atoms with E-state index in [1.165, 1.54) is 4.88 Å². The van der Waals surface area contributed by atoms with Gasteiger partial charge in [-0.3, -0.25) is 4.79 Å². The molecule has 0 atom stereocenters. The topological polar surface area (TPSA) is 69.2 Å². The third kappa shape index (κ3) is 9.60. The zero-order valence-electron chi connectivity index (χ0n) is 18.3. The van der Waals surface area contributed by atoms with E-state index < -0.39 is 0 Å². The number of thiophene rings is 1. The second-order valence-electron chi connectivity index (χ2n) is 7.89. The number of aliphatic imine (C=N–C) groups is 1. The van der Waals surface area contributed by atoms with Crippen molar-refractivity contribution < 1.29 is 9.53 Å². The third-order valence-electron chi connectivity index (χ3n) is 4.90. The molecule has 1 saturated heterocycles. The number of carbonyl (C=O) groups excluding carboxylic acids is 1. The maximum atomic E-state index is 11.9. The van der Waals surface area contributed by atoms with Gasteiger partial charge in [-0.2, -0.15) is 0 Å². The fourth-order valence-corrected chi connectivity index (χ4v) is 3.82. The van der Waals surface area contributed by atoms with Crippen molar-refractivity contribution in [2.45, 2.75) is 45.3 Å². The number of amides is 1. The Morgan fingerprint density at radius 3 is 2.76 bits per heavy atom. The Bertz CT molecular complexity index is 611. The number of nitrogens with one attached hydrogen (secondary N) is 2. The average Bonchev–Trinajstić information content (AvgIpc) is 3.20. The normalized spacial score (nSPS) is 16.2. The number of rotatable bonds is 10. The monoisotopic (exact) mass is 423 g/mol. The van der Waals surface area contributed by atoms with Crippen LogP contribution in [0.3, 0.4) is 0 Å². The Kier molecular flexibility index (Phi) is 10.5. The molecule has 29 heavy (non-hydrogen) atoms. The summed E-state index contributed by atoms with van der Waals surface area (Å²) in [4.78, 5) is 21.8. The van der Waals surface area contributed by atoms with Gasteiger partial charge in [-0.15, -0.1) is 11.3 Å². The molecule has 2 N–H and O–H groups in total. The molecule has 7 nitrogen and oxygen atoms in total. The van der Waals surface area contributed by atoms with Crippen molar-refractivity contribution in [3.05, 3.63) is 22.4 Å². The molecular weight excluding hydrogens is 386 g/mol. The first-order valence-corrected chi connectivity index (χ1v) is 11.4. The van der Waals surface area contributed by atoms with Gasteiger partial charge in [0.25, 0.3) is 0 Å². The van der Waals surface area contributed by atoms with Crippen molar-refractivity contribution in [3.63, 3.8) is 0 Å². The second kappa shape index (κ2) is 12.8. The van der Waals surface area contributed by atoms with Crippen LogP contribution in [0.25, 0.3) is 0 Å². The lowest BCUT2D eigenvalue weighted by Gasteiger charge is -2.33. The predicted octanol–water partition coefficient (Wildman–Crippen LogP) is 1.80. The molecule has 8 heteroatoms. The van der Waals surface area contributed by atoms with E-state index >= 15 is 0 Å². The Morgan fingerprint density at radius 2 is 2.14 bits per heavy atom. The summed E-state index contributed by atoms with van der Waals surface area (Å²) in [6, 6.07) is 4.59. The first kappa shape index (κ1) is 23.6. The fourth-order valence-electron chi connectivity index (χ4n) is 3.11. The molecule has 1 fully saturated rings. The summed E-state index contributed by atoms with van der Waals surface area (Å²) in [5, 5.41) is 9.03. The number of likely N-dealkylation sites (tertiary alicyclic amines) is 1. The van der Waals surface area contributed by atoms with Crippen molar-refractivity contribution in [1.29, 1.82) is 0 Å². The first-order valence-electron chi connectivity index (χ1n) is 10.6. The van der Waals surface area contributed by atoms with Crippen molar-refractivity contribution in [1.82, 2.24) is 20.4 Å². The van der Waals surface area contributed by atoms with Crippen LogP contribution >= 0.6 is 11.3 Å². The van der Waals surface area contributed by atoms with Gasteiger partial charge in [-0.25, -0.2) is 4.99 Å². The summed E-state index contributed by atoms with van der Waals surface area (Å²) < 4.78 is 5.66. The van der Waals surface area contributed by atoms with E-state index in [0.717, 1.165) is 58.0 Å². The van der Waals surface area contributed by atoms with E-state index in [4.69, 9.17) is 4.74 Å². The van der Waals surface area contributed by atoms with Crippen LogP contribution in [0.1, 0.15) is 31.6 Å². The Hall–Kier alpha value is -1.64. The molecule has 1 aliphatic heterocycles. The van der Waals surface area contributed by atoms with Crippen LogP contribution in [0.15, 0.2) is 22.5 Å². The lowest BCUT2D eigenvalue weighted by atomic mass is 10.1. The van der Waals surface area contributed by atoms with Gasteiger partial charge in [0, 0.05) is 51.2 Å². The highest BCUT2D eigenvalue weighted by Gasteiger charge is 2.20. The van der Waals surface area contributed by atoms with Gasteiger partial charge in [0.2, 0.25) is 5.91 Å². The molecule has 1 aliphatic rings. The molecule has 1 aromatic rings. The first-order chi connectivity index (χ1) is 13.9. The number of likely N-dealkylation sites (N-methyl/N-ethyl adjacent to an activating group) is 1. The zero-order chi connectivity index (χ0) is 21.1. The van der Waals surface area contributed by atoms with E-state index in [2.05, 4.69) is 51.9 Å². The summed E-state index contributed by atoms with van der Waals surface area (Å²) in [7, 11) is 3.52. The van der Waals surface area contributed by atoms with Gasteiger partial charge in [0.15, 0.2) is 5.96 Å². The Morgan fingerprint density at radius 1 is 1.38 bits per heavy atom. The van der Waals surface area contributed by atoms with E-state index in [9.17, 15) is 4.79 Å². The fraction of sp³-hybridized carbons (Fsp3) is 0.714. The molecule has 0 aliphatic carbocycles. The van der Waals surface area contributed by atoms with E-state index in [-0.39, 0.29) is 18.6 Å². The lowest BCUT2D eigenvalue weighted by molar-refractivity contribution is -0.127. The lowest BCUT2D eigenvalue weighted by Crippen LogP contribution is -2.49. The predicted molar refractivity (Wildman–Crippen MR) is 121 cm³/mol. The minimum absolute atomic E-state index is 0.00401. The smallest absolute Gasteiger partial charge is 0.243 e. The largest absolute Gasteiger partial charge is 0.377 e. The standard InChI is InChI=1S/C21H37N5O2S/c1-17(2)28-14-13-26-11-8-18(9-12-26)24-21(23-16-20(27)25(3)4)22-10-7-19-6-5-15-29-19/h5-6,15,17-18H,7-14,16H2,1-4H3,(H2,22,23,24). The van der Waals surface area contributed by atoms with Crippen LogP contribution in [-0.2, 0) is 16.0 Å². The van der Waals surface area contributed by atoms with Gasteiger partial charge in [0.05, 0.1) is 12.7 Å². The second-order valence-corrected chi connectivity index (χ2v) is 8.92. The summed E-state index contributed by atoms with van der Waals surface area (Å²) in [6.45, 7) is 8.99. The number of hydrogen-bond donors (Lipinski definition) is 2. The Balaban J connectivity index is 1.79. The number of guanidine groups is 1. The van der Waals surface area contributed by atoms with E-state index in [1.54, 1.807) is 30.3 Å². The average molecular weight is 424 g/mol. The highest BCUT2D eigenvalue weighted by Crippen LogP contribution is 2.11. The highest BCUT2D eigenvalue weighted by atomic mass is 32.1. The molecule has 0 unspecified atom stereocenters. The van der Waals surface area contributed by atoms with Crippen LogP contribution in [0.2, 0.25) is 0 Å². The number of piperidine rings is 1. The highest BCUT2D eigenvalue weighted by molar-refractivity contribution is 7.09. The molecule has 1 amide bonds. The van der Waals surface area contributed by atoms with Gasteiger partial charge in [-0.1, -0.05) is 6.07 Å². The maximum absolute atomic E-state index is 11.9. The van der Waals surface area contributed by atoms with Crippen molar-refractivity contribution >= 4 is 23.2 Å². The number of ether oxygens (including phenoxy) is 1. The molecule has 164 valence electrons. The number of hydrogen-bond acceptors (Lipinski definition) is 5. The van der Waals surface area contributed by atoms with Crippen LogP contribution in [0.4, 0.5) is 0 Å². The summed E-state index contributed by atoms with van der Waals surface area (Å²) >= 11 is 1.76. The van der Waals surface area contributed by atoms with Gasteiger partial charge >= 0.3 is 0 Å². The quantitative estimate of drug-likeness (QED) is 0.444. The van der Waals surface area contributed by atoms with E-state index in [0.29, 0.717) is 6.04 Å². The van der Waals surface area contributed by atoms with Crippen molar-refractivity contribution in [2.24, 2.45) is 4.99 Å². The SMILES string of the molecule is CC(C)OCCN1CCC(NC(=NCC(=O)N(C)C)NCCc2cccs2)CC1. The molecule has 0 saturated carbocycles. The van der Waals surface area contributed by atoms with E-state index in [1.807, 2.05) is 0 Å². The summed E-state index contributed by atoms with van der Waals surface area (Å²) in [5.41, 5.74) is 0. The minimum Gasteiger partial charge on any atom is -0.377 e. The Labute approximate surface area is 179 Å². The van der Waals surface area contributed by atoms with Gasteiger partial charge in [-0.05, 0) is 44.6 Å². The minimum atomic E-state index is 0.00401. The van der Waals surface area contributed by atoms with Crippen molar-refractivity contribution in [2.75, 3.05) is 53.4 Å². The molecule has 0 spiro atoms. The molecule has 2 rings (SSSR count). The number of carbonyl (C=O) groups is 1. The van der Waals surface area contributed by atoms with Crippen LogP contribution in [0, 0.1) is 0 Å². The van der Waals surface area contributed by atoms with Gasteiger partial charge in [0.1, 0.15) is 6.54 Å². The molecule has 0 aromatic carbocycles. The third-order valence-corrected chi connectivity index (χ3v) is 5.84. The van der Waals surface area contributed by atoms with Crippen molar-refractivity contribution in [3.8, 4) is 0 Å². The zero-order valence-corrected chi connectivity index (χ0v) is 19.1. The molecule has 1 aromatic heterocycles. The number of nitrogens with zero attached hydrogens (tertiary/aromatic N) is 3. The van der Waals surface area contributed by atoms with Crippen LogP contribution < -0.4 is 10.6 Å². The molecular formula is C21H37N5O2S. The maximum Gasteiger partial charge on any atom is 0.243 e. The summed E-state index contributed by atoms with van der Waals surface area (Å²) in [5.74, 6) is 0.739. The molecule has 0 radical (unpaired) electrons. The molecule has 0 bridgehead atoms. The van der Waals surface area contributed by atoms with Crippen LogP contribution in [-0.4, -0.2) is 87.2 Å². The molecule has 2 heterocycles. The van der Waals surface area contributed by atoms with Gasteiger partial charge < -0.3 is 25.2 Å². The van der Waals surface area contributed by atoms with Crippen LogP contribution in [0.5, 0.6) is 0 Å². The summed E-state index contributed by atoms with van der Waals surface area (Å²) in [6.07, 6.45) is 3.37.